The lowest BCUT2D eigenvalue weighted by molar-refractivity contribution is 0.214. The lowest BCUT2D eigenvalue weighted by atomic mass is 10.1. The normalized spacial score (nSPS) is 16.8. The van der Waals surface area contributed by atoms with Crippen LogP contribution in [0.5, 0.6) is 0 Å². The topological polar surface area (TPSA) is 34.1 Å². The second-order valence-electron chi connectivity index (χ2n) is 3.63. The minimum atomic E-state index is -0.301. The van der Waals surface area contributed by atoms with Gasteiger partial charge in [0.05, 0.1) is 18.8 Å². The van der Waals surface area contributed by atoms with Gasteiger partial charge in [0.1, 0.15) is 11.6 Å². The van der Waals surface area contributed by atoms with E-state index in [-0.39, 0.29) is 11.9 Å². The first-order valence-corrected chi connectivity index (χ1v) is 5.48. The molecular weight excluding hydrogens is 207 g/mol. The molecule has 0 bridgehead atoms. The van der Waals surface area contributed by atoms with Gasteiger partial charge in [-0.25, -0.2) is 4.39 Å². The van der Waals surface area contributed by atoms with Gasteiger partial charge in [-0.15, -0.1) is 0 Å². The first kappa shape index (κ1) is 11.1. The highest BCUT2D eigenvalue weighted by molar-refractivity contribution is 5.26. The summed E-state index contributed by atoms with van der Waals surface area (Å²) in [5.41, 5.74) is 0.588. The number of nitrogens with zero attached hydrogens (tertiary/aromatic N) is 1. The van der Waals surface area contributed by atoms with E-state index in [1.54, 1.807) is 12.3 Å². The number of rotatable bonds is 4. The number of ether oxygens (including phenoxy) is 1. The summed E-state index contributed by atoms with van der Waals surface area (Å²) < 4.78 is 19.1. The fourth-order valence-corrected chi connectivity index (χ4v) is 1.83. The van der Waals surface area contributed by atoms with Gasteiger partial charge in [-0.3, -0.25) is 4.98 Å². The van der Waals surface area contributed by atoms with Crippen LogP contribution in [0.4, 0.5) is 4.39 Å². The molecule has 1 aliphatic rings. The molecule has 86 valence electrons. The van der Waals surface area contributed by atoms with Crippen LogP contribution in [-0.2, 0) is 4.74 Å². The van der Waals surface area contributed by atoms with Crippen LogP contribution in [-0.4, -0.2) is 18.1 Å². The smallest absolute Gasteiger partial charge is 0.146 e. The molecule has 1 N–H and O–H groups in total. The van der Waals surface area contributed by atoms with Gasteiger partial charge >= 0.3 is 0 Å². The van der Waals surface area contributed by atoms with Crippen molar-refractivity contribution in [3.63, 3.8) is 0 Å². The molecule has 4 heteroatoms. The molecule has 2 rings (SSSR count). The molecule has 0 aromatic carbocycles. The highest BCUT2D eigenvalue weighted by Gasteiger charge is 2.22. The third-order valence-corrected chi connectivity index (χ3v) is 2.54. The molecule has 1 aliphatic heterocycles. The van der Waals surface area contributed by atoms with Crippen molar-refractivity contribution in [1.29, 1.82) is 0 Å². The predicted octanol–water partition coefficient (Wildman–Crippen LogP) is 2.18. The van der Waals surface area contributed by atoms with E-state index in [1.807, 2.05) is 13.0 Å². The zero-order chi connectivity index (χ0) is 11.4. The molecule has 2 heterocycles. The number of aromatic nitrogens is 1. The predicted molar refractivity (Wildman–Crippen MR) is 59.3 cm³/mol. The van der Waals surface area contributed by atoms with E-state index in [0.29, 0.717) is 12.2 Å². The standard InChI is InChI=1S/C12H15FN2O/c1-2-15-12(11-4-3-7-16-11)9-5-6-14-8-10(9)13/h4-6,8,12,15H,2-3,7H2,1H3. The van der Waals surface area contributed by atoms with E-state index in [1.165, 1.54) is 6.20 Å². The fraction of sp³-hybridized carbons (Fsp3) is 0.417. The molecule has 16 heavy (non-hydrogen) atoms. The maximum Gasteiger partial charge on any atom is 0.146 e. The van der Waals surface area contributed by atoms with Crippen molar-refractivity contribution >= 4 is 0 Å². The van der Waals surface area contributed by atoms with Gasteiger partial charge in [0, 0.05) is 18.2 Å². The van der Waals surface area contributed by atoms with Crippen LogP contribution in [0.1, 0.15) is 24.9 Å². The van der Waals surface area contributed by atoms with Crippen molar-refractivity contribution in [3.05, 3.63) is 41.7 Å². The molecular formula is C12H15FN2O. The minimum Gasteiger partial charge on any atom is -0.496 e. The first-order chi connectivity index (χ1) is 7.83. The van der Waals surface area contributed by atoms with Crippen LogP contribution in [0.3, 0.4) is 0 Å². The number of likely N-dealkylation sites (N-methyl/N-ethyl adjacent to an activating group) is 1. The van der Waals surface area contributed by atoms with E-state index >= 15 is 0 Å². The van der Waals surface area contributed by atoms with Crippen molar-refractivity contribution < 1.29 is 9.13 Å². The van der Waals surface area contributed by atoms with Crippen molar-refractivity contribution in [2.75, 3.05) is 13.2 Å². The SMILES string of the molecule is CCNC(C1=CCCO1)c1ccncc1F. The Kier molecular flexibility index (Phi) is 3.51. The highest BCUT2D eigenvalue weighted by Crippen LogP contribution is 2.27. The molecule has 0 radical (unpaired) electrons. The monoisotopic (exact) mass is 222 g/mol. The second-order valence-corrected chi connectivity index (χ2v) is 3.63. The maximum absolute atomic E-state index is 13.6. The Morgan fingerprint density at radius 3 is 3.12 bits per heavy atom. The number of pyridine rings is 1. The summed E-state index contributed by atoms with van der Waals surface area (Å²) in [6.07, 6.45) is 5.73. The summed E-state index contributed by atoms with van der Waals surface area (Å²) in [4.78, 5) is 3.75. The van der Waals surface area contributed by atoms with Crippen molar-refractivity contribution in [1.82, 2.24) is 10.3 Å². The fourth-order valence-electron chi connectivity index (χ4n) is 1.83. The van der Waals surface area contributed by atoms with Crippen LogP contribution in [0.2, 0.25) is 0 Å². The molecule has 1 atom stereocenters. The van der Waals surface area contributed by atoms with Gasteiger partial charge in [-0.1, -0.05) is 6.92 Å². The Balaban J connectivity index is 2.28. The van der Waals surface area contributed by atoms with E-state index in [4.69, 9.17) is 4.74 Å². The van der Waals surface area contributed by atoms with Crippen LogP contribution < -0.4 is 5.32 Å². The van der Waals surface area contributed by atoms with Crippen LogP contribution in [0.25, 0.3) is 0 Å². The van der Waals surface area contributed by atoms with E-state index in [9.17, 15) is 4.39 Å². The summed E-state index contributed by atoms with van der Waals surface area (Å²) in [5, 5.41) is 3.22. The van der Waals surface area contributed by atoms with Crippen molar-refractivity contribution in [2.45, 2.75) is 19.4 Å². The number of hydrogen-bond acceptors (Lipinski definition) is 3. The summed E-state index contributed by atoms with van der Waals surface area (Å²) in [7, 11) is 0. The van der Waals surface area contributed by atoms with E-state index < -0.39 is 0 Å². The second kappa shape index (κ2) is 5.07. The molecule has 0 spiro atoms. The van der Waals surface area contributed by atoms with Crippen molar-refractivity contribution in [3.8, 4) is 0 Å². The summed E-state index contributed by atoms with van der Waals surface area (Å²) in [6, 6.07) is 1.49. The van der Waals surface area contributed by atoms with Crippen LogP contribution >= 0.6 is 0 Å². The molecule has 1 aromatic heterocycles. The molecule has 0 saturated carbocycles. The van der Waals surface area contributed by atoms with Gasteiger partial charge in [0.2, 0.25) is 0 Å². The van der Waals surface area contributed by atoms with Crippen LogP contribution in [0, 0.1) is 5.82 Å². The average Bonchev–Trinajstić information content (AvgIpc) is 2.80. The zero-order valence-electron chi connectivity index (χ0n) is 9.24. The Hall–Kier alpha value is -1.42. The number of nitrogens with one attached hydrogen (secondary N) is 1. The minimum absolute atomic E-state index is 0.199. The lowest BCUT2D eigenvalue weighted by Crippen LogP contribution is -2.24. The molecule has 3 nitrogen and oxygen atoms in total. The molecule has 0 saturated heterocycles. The number of halogens is 1. The Morgan fingerprint density at radius 2 is 2.50 bits per heavy atom. The van der Waals surface area contributed by atoms with Crippen LogP contribution in [0.15, 0.2) is 30.3 Å². The summed E-state index contributed by atoms with van der Waals surface area (Å²) >= 11 is 0. The zero-order valence-corrected chi connectivity index (χ0v) is 9.24. The molecule has 0 fully saturated rings. The van der Waals surface area contributed by atoms with Gasteiger partial charge in [-0.2, -0.15) is 0 Å². The Labute approximate surface area is 94.3 Å². The van der Waals surface area contributed by atoms with E-state index in [2.05, 4.69) is 10.3 Å². The maximum atomic E-state index is 13.6. The quantitative estimate of drug-likeness (QED) is 0.847. The first-order valence-electron chi connectivity index (χ1n) is 5.48. The Bertz CT molecular complexity index is 392. The molecule has 1 aromatic rings. The third-order valence-electron chi connectivity index (χ3n) is 2.54. The van der Waals surface area contributed by atoms with E-state index in [0.717, 1.165) is 18.7 Å². The average molecular weight is 222 g/mol. The van der Waals surface area contributed by atoms with Gasteiger partial charge in [0.25, 0.3) is 0 Å². The third kappa shape index (κ3) is 2.22. The van der Waals surface area contributed by atoms with Crippen molar-refractivity contribution in [2.24, 2.45) is 0 Å². The number of hydrogen-bond donors (Lipinski definition) is 1. The van der Waals surface area contributed by atoms with Gasteiger partial charge < -0.3 is 10.1 Å². The van der Waals surface area contributed by atoms with Gasteiger partial charge in [0.15, 0.2) is 0 Å². The molecule has 0 aliphatic carbocycles. The summed E-state index contributed by atoms with van der Waals surface area (Å²) in [6.45, 7) is 3.43. The Morgan fingerprint density at radius 1 is 1.62 bits per heavy atom. The largest absolute Gasteiger partial charge is 0.496 e. The van der Waals surface area contributed by atoms with Gasteiger partial charge in [-0.05, 0) is 18.7 Å². The summed E-state index contributed by atoms with van der Waals surface area (Å²) in [5.74, 6) is 0.511. The lowest BCUT2D eigenvalue weighted by Gasteiger charge is -2.19. The highest BCUT2D eigenvalue weighted by atomic mass is 19.1. The molecule has 0 amide bonds. The molecule has 1 unspecified atom stereocenters.